The highest BCUT2D eigenvalue weighted by Crippen LogP contribution is 2.35. The van der Waals surface area contributed by atoms with Gasteiger partial charge >= 0.3 is 0 Å². The Morgan fingerprint density at radius 1 is 1.11 bits per heavy atom. The van der Waals surface area contributed by atoms with Gasteiger partial charge in [0, 0.05) is 29.7 Å². The number of hydrogen-bond donors (Lipinski definition) is 1. The standard InChI is InChI=1S/C21H20FN5O/c1-4-18-26-21(28-27-18)17-11-23-20-16(10-5-12(2)24-20)19(17)25-13(3)14-6-8-15(22)9-7-14/h5-11,13H,4H2,1-3H3,(H,23,24,25)/t13-/m1/s1. The molecule has 28 heavy (non-hydrogen) atoms. The Hall–Kier alpha value is -3.35. The highest BCUT2D eigenvalue weighted by atomic mass is 19.1. The predicted octanol–water partition coefficient (Wildman–Crippen LogP) is 4.86. The van der Waals surface area contributed by atoms with Crippen LogP contribution in [0.25, 0.3) is 22.5 Å². The number of fused-ring (bicyclic) bond motifs is 1. The van der Waals surface area contributed by atoms with Crippen LogP contribution in [-0.2, 0) is 6.42 Å². The van der Waals surface area contributed by atoms with Gasteiger partial charge in [0.25, 0.3) is 5.89 Å². The van der Waals surface area contributed by atoms with Gasteiger partial charge in [-0.2, -0.15) is 4.98 Å². The first-order valence-electron chi connectivity index (χ1n) is 9.16. The van der Waals surface area contributed by atoms with Crippen LogP contribution in [0.1, 0.15) is 37.0 Å². The van der Waals surface area contributed by atoms with E-state index in [0.717, 1.165) is 22.3 Å². The third-order valence-corrected chi connectivity index (χ3v) is 4.61. The Morgan fingerprint density at radius 2 is 1.89 bits per heavy atom. The van der Waals surface area contributed by atoms with Crippen LogP contribution in [0.2, 0.25) is 0 Å². The van der Waals surface area contributed by atoms with E-state index in [1.165, 1.54) is 12.1 Å². The highest BCUT2D eigenvalue weighted by Gasteiger charge is 2.19. The zero-order valence-electron chi connectivity index (χ0n) is 15.9. The molecule has 7 heteroatoms. The molecule has 0 amide bonds. The molecule has 1 N–H and O–H groups in total. The number of pyridine rings is 2. The Kier molecular flexibility index (Phi) is 4.73. The zero-order valence-corrected chi connectivity index (χ0v) is 15.9. The van der Waals surface area contributed by atoms with E-state index in [0.29, 0.717) is 29.3 Å². The topological polar surface area (TPSA) is 76.7 Å². The lowest BCUT2D eigenvalue weighted by Gasteiger charge is -2.19. The molecule has 3 heterocycles. The second-order valence-corrected chi connectivity index (χ2v) is 6.66. The fraction of sp³-hybridized carbons (Fsp3) is 0.238. The third kappa shape index (κ3) is 3.43. The van der Waals surface area contributed by atoms with Crippen molar-refractivity contribution in [1.82, 2.24) is 20.1 Å². The van der Waals surface area contributed by atoms with Crippen molar-refractivity contribution < 1.29 is 8.91 Å². The quantitative estimate of drug-likeness (QED) is 0.535. The SMILES string of the molecule is CCc1noc(-c2cnc3nc(C)ccc3c2N[C@H](C)c2ccc(F)cc2)n1. The summed E-state index contributed by atoms with van der Waals surface area (Å²) in [5, 5.41) is 8.35. The Labute approximate surface area is 161 Å². The number of benzene rings is 1. The van der Waals surface area contributed by atoms with Crippen LogP contribution < -0.4 is 5.32 Å². The smallest absolute Gasteiger partial charge is 0.261 e. The van der Waals surface area contributed by atoms with Gasteiger partial charge in [-0.1, -0.05) is 24.2 Å². The van der Waals surface area contributed by atoms with Crippen LogP contribution >= 0.6 is 0 Å². The Morgan fingerprint density at radius 3 is 2.61 bits per heavy atom. The van der Waals surface area contributed by atoms with E-state index < -0.39 is 0 Å². The number of halogens is 1. The number of rotatable bonds is 5. The molecule has 0 spiro atoms. The molecule has 0 unspecified atom stereocenters. The van der Waals surface area contributed by atoms with E-state index in [1.807, 2.05) is 32.9 Å². The highest BCUT2D eigenvalue weighted by molar-refractivity contribution is 5.96. The van der Waals surface area contributed by atoms with E-state index >= 15 is 0 Å². The number of aromatic nitrogens is 4. The van der Waals surface area contributed by atoms with E-state index in [9.17, 15) is 4.39 Å². The summed E-state index contributed by atoms with van der Waals surface area (Å²) in [5.74, 6) is 0.777. The van der Waals surface area contributed by atoms with Crippen molar-refractivity contribution in [2.24, 2.45) is 0 Å². The molecule has 0 radical (unpaired) electrons. The van der Waals surface area contributed by atoms with Gasteiger partial charge in [-0.25, -0.2) is 14.4 Å². The molecule has 1 aromatic carbocycles. The maximum Gasteiger partial charge on any atom is 0.261 e. The fourth-order valence-electron chi connectivity index (χ4n) is 3.05. The van der Waals surface area contributed by atoms with Gasteiger partial charge < -0.3 is 9.84 Å². The van der Waals surface area contributed by atoms with Crippen molar-refractivity contribution in [3.63, 3.8) is 0 Å². The average Bonchev–Trinajstić information content (AvgIpc) is 3.17. The van der Waals surface area contributed by atoms with Crippen LogP contribution in [0, 0.1) is 12.7 Å². The van der Waals surface area contributed by atoms with Gasteiger partial charge in [-0.3, -0.25) is 0 Å². The van der Waals surface area contributed by atoms with Gasteiger partial charge in [-0.05, 0) is 43.7 Å². The fourth-order valence-corrected chi connectivity index (χ4v) is 3.05. The van der Waals surface area contributed by atoms with Gasteiger partial charge in [0.2, 0.25) is 0 Å². The summed E-state index contributed by atoms with van der Waals surface area (Å²) in [4.78, 5) is 13.4. The van der Waals surface area contributed by atoms with Crippen LogP contribution in [-0.4, -0.2) is 20.1 Å². The van der Waals surface area contributed by atoms with Gasteiger partial charge in [-0.15, -0.1) is 0 Å². The van der Waals surface area contributed by atoms with Crippen LogP contribution in [0.5, 0.6) is 0 Å². The lowest BCUT2D eigenvalue weighted by molar-refractivity contribution is 0.423. The Bertz CT molecular complexity index is 1120. The van der Waals surface area contributed by atoms with Crippen molar-refractivity contribution in [1.29, 1.82) is 0 Å². The van der Waals surface area contributed by atoms with Gasteiger partial charge in [0.05, 0.1) is 11.3 Å². The lowest BCUT2D eigenvalue weighted by atomic mass is 10.1. The number of nitrogens with one attached hydrogen (secondary N) is 1. The molecule has 4 aromatic rings. The van der Waals surface area contributed by atoms with E-state index in [2.05, 4.69) is 25.4 Å². The minimum Gasteiger partial charge on any atom is -0.377 e. The molecule has 0 aliphatic heterocycles. The van der Waals surface area contributed by atoms with E-state index in [4.69, 9.17) is 4.52 Å². The van der Waals surface area contributed by atoms with E-state index in [-0.39, 0.29) is 11.9 Å². The predicted molar refractivity (Wildman–Crippen MR) is 105 cm³/mol. The summed E-state index contributed by atoms with van der Waals surface area (Å²) in [6, 6.07) is 10.3. The molecular formula is C21H20FN5O. The average molecular weight is 377 g/mol. The van der Waals surface area contributed by atoms with Crippen molar-refractivity contribution in [2.75, 3.05) is 5.32 Å². The number of aryl methyl sites for hydroxylation is 2. The molecule has 4 rings (SSSR count). The van der Waals surface area contributed by atoms with Crippen molar-refractivity contribution in [3.8, 4) is 11.5 Å². The van der Waals surface area contributed by atoms with Crippen LogP contribution in [0.15, 0.2) is 47.1 Å². The second-order valence-electron chi connectivity index (χ2n) is 6.66. The molecule has 0 fully saturated rings. The maximum atomic E-state index is 13.3. The molecule has 3 aromatic heterocycles. The van der Waals surface area contributed by atoms with Gasteiger partial charge in [0.1, 0.15) is 5.82 Å². The first kappa shape index (κ1) is 18.0. The Balaban J connectivity index is 1.82. The van der Waals surface area contributed by atoms with Crippen LogP contribution in [0.3, 0.4) is 0 Å². The largest absolute Gasteiger partial charge is 0.377 e. The minimum absolute atomic E-state index is 0.0835. The van der Waals surface area contributed by atoms with Crippen LogP contribution in [0.4, 0.5) is 10.1 Å². The summed E-state index contributed by atoms with van der Waals surface area (Å²) in [6.45, 7) is 5.90. The summed E-state index contributed by atoms with van der Waals surface area (Å²) in [5.41, 5.74) is 3.99. The number of hydrogen-bond acceptors (Lipinski definition) is 6. The molecule has 0 aliphatic carbocycles. The molecule has 0 aliphatic rings. The molecule has 1 atom stereocenters. The first-order chi connectivity index (χ1) is 13.5. The summed E-state index contributed by atoms with van der Waals surface area (Å²) in [7, 11) is 0. The molecular weight excluding hydrogens is 357 g/mol. The zero-order chi connectivity index (χ0) is 19.7. The third-order valence-electron chi connectivity index (χ3n) is 4.61. The van der Waals surface area contributed by atoms with Crippen molar-refractivity contribution in [2.45, 2.75) is 33.2 Å². The van der Waals surface area contributed by atoms with E-state index in [1.54, 1.807) is 18.3 Å². The van der Waals surface area contributed by atoms with Crippen molar-refractivity contribution >= 4 is 16.7 Å². The minimum atomic E-state index is -0.261. The van der Waals surface area contributed by atoms with Gasteiger partial charge in [0.15, 0.2) is 11.5 Å². The van der Waals surface area contributed by atoms with Crippen molar-refractivity contribution in [3.05, 3.63) is 65.5 Å². The molecule has 142 valence electrons. The monoisotopic (exact) mass is 377 g/mol. The first-order valence-corrected chi connectivity index (χ1v) is 9.16. The number of anilines is 1. The normalized spacial score (nSPS) is 12.3. The second kappa shape index (κ2) is 7.34. The summed E-state index contributed by atoms with van der Waals surface area (Å²) in [6.07, 6.45) is 2.38. The summed E-state index contributed by atoms with van der Waals surface area (Å²) >= 11 is 0. The number of nitrogens with zero attached hydrogens (tertiary/aromatic N) is 4. The lowest BCUT2D eigenvalue weighted by Crippen LogP contribution is -2.09. The summed E-state index contributed by atoms with van der Waals surface area (Å²) < 4.78 is 18.7. The molecule has 6 nitrogen and oxygen atoms in total. The molecule has 0 saturated heterocycles. The maximum absolute atomic E-state index is 13.3. The molecule has 0 saturated carbocycles. The molecule has 0 bridgehead atoms.